The van der Waals surface area contributed by atoms with Crippen molar-refractivity contribution in [1.82, 2.24) is 0 Å². The molecule has 15 nitrogen and oxygen atoms in total. The van der Waals surface area contributed by atoms with Crippen molar-refractivity contribution in [3.8, 4) is 5.75 Å². The Labute approximate surface area is 238 Å². The van der Waals surface area contributed by atoms with Gasteiger partial charge in [0, 0.05) is 29.3 Å². The highest BCUT2D eigenvalue weighted by molar-refractivity contribution is 7.92. The number of nitrogens with two attached hydrogens (primary N) is 1. The maximum Gasteiger partial charge on any atom is 0.385 e. The molecule has 0 aliphatic carbocycles. The largest absolute Gasteiger partial charge is 1.00 e. The first-order chi connectivity index (χ1) is 18.6. The molecule has 0 aliphatic heterocycles. The van der Waals surface area contributed by atoms with Crippen LogP contribution in [-0.2, 0) is 30.3 Å². The molecule has 0 amide bonds. The van der Waals surface area contributed by atoms with Crippen LogP contribution < -0.4 is 22.9 Å². The standard InChI is InChI=1S/C22H16N6O9S3.ClH/c23-21-20-12(9-17(11-18(20)29)39(32,33)34)10-19(40(35,36)37)22(21)27-26-14-5-7-16(8-6-14)38(30,31)28-15-3-1-13(25-24)2-4-15;/h1-11,28H,(H4-,23,26,29,32,33,34,35,36,37);1H. The lowest BCUT2D eigenvalue weighted by Crippen LogP contribution is -3.00. The second kappa shape index (κ2) is 11.2. The van der Waals surface area contributed by atoms with Gasteiger partial charge in [0.25, 0.3) is 30.3 Å². The van der Waals surface area contributed by atoms with Gasteiger partial charge >= 0.3 is 5.69 Å². The first-order valence-corrected chi connectivity index (χ1v) is 15.0. The SMILES string of the molecule is N#[N+]c1ccc(NS(=O)(=O)c2ccc(N=Nc3c(S(=O)(=O)O)cc4cc(S(=O)(=O)O)cc(O)c4c3N)cc2)cc1.[Cl-]. The van der Waals surface area contributed by atoms with Crippen molar-refractivity contribution in [3.63, 3.8) is 0 Å². The Morgan fingerprint density at radius 2 is 1.41 bits per heavy atom. The fourth-order valence-corrected chi connectivity index (χ4v) is 5.81. The zero-order chi connectivity index (χ0) is 29.5. The highest BCUT2D eigenvalue weighted by Gasteiger charge is 2.24. The summed E-state index contributed by atoms with van der Waals surface area (Å²) in [5, 5.41) is 26.2. The van der Waals surface area contributed by atoms with Crippen molar-refractivity contribution in [2.75, 3.05) is 10.5 Å². The normalized spacial score (nSPS) is 12.1. The maximum atomic E-state index is 12.7. The third-order valence-electron chi connectivity index (χ3n) is 5.39. The molecule has 19 heteroatoms. The zero-order valence-corrected chi connectivity index (χ0v) is 23.3. The van der Waals surface area contributed by atoms with Gasteiger partial charge < -0.3 is 23.2 Å². The highest BCUT2D eigenvalue weighted by Crippen LogP contribution is 2.43. The Balaban J connectivity index is 0.00000462. The van der Waals surface area contributed by atoms with Gasteiger partial charge in [0.05, 0.1) is 21.2 Å². The molecule has 4 rings (SSSR count). The number of sulfonamides is 1. The number of fused-ring (bicyclic) bond motifs is 1. The first-order valence-electron chi connectivity index (χ1n) is 10.6. The van der Waals surface area contributed by atoms with Crippen LogP contribution >= 0.6 is 0 Å². The lowest BCUT2D eigenvalue weighted by molar-refractivity contribution is -0.0000197. The molecule has 4 aromatic rings. The molecule has 0 radical (unpaired) electrons. The molecular formula is C22H17ClN6O9S3. The number of halogens is 1. The topological polar surface area (TPSA) is 254 Å². The number of anilines is 2. The predicted octanol–water partition coefficient (Wildman–Crippen LogP) is 1.33. The van der Waals surface area contributed by atoms with Gasteiger partial charge in [-0.3, -0.25) is 13.8 Å². The lowest BCUT2D eigenvalue weighted by Gasteiger charge is -2.12. The zero-order valence-electron chi connectivity index (χ0n) is 20.1. The number of phenols is 1. The summed E-state index contributed by atoms with van der Waals surface area (Å²) in [4.78, 5) is 1.18. The van der Waals surface area contributed by atoms with E-state index in [9.17, 15) is 39.5 Å². The molecule has 0 bridgehead atoms. The van der Waals surface area contributed by atoms with Gasteiger partial charge in [-0.2, -0.15) is 21.9 Å². The van der Waals surface area contributed by atoms with Gasteiger partial charge in [-0.1, -0.05) is 0 Å². The van der Waals surface area contributed by atoms with E-state index >= 15 is 0 Å². The molecule has 0 atom stereocenters. The molecule has 0 heterocycles. The number of benzene rings is 4. The summed E-state index contributed by atoms with van der Waals surface area (Å²) in [5.74, 6) is -0.733. The predicted molar refractivity (Wildman–Crippen MR) is 142 cm³/mol. The van der Waals surface area contributed by atoms with Crippen molar-refractivity contribution in [2.45, 2.75) is 14.7 Å². The van der Waals surface area contributed by atoms with Crippen molar-refractivity contribution in [1.29, 1.82) is 5.39 Å². The van der Waals surface area contributed by atoms with Crippen LogP contribution in [0.4, 0.5) is 28.4 Å². The van der Waals surface area contributed by atoms with E-state index in [0.29, 0.717) is 6.07 Å². The Morgan fingerprint density at radius 3 is 1.95 bits per heavy atom. The molecule has 0 saturated carbocycles. The Kier molecular flexibility index (Phi) is 8.54. The summed E-state index contributed by atoms with van der Waals surface area (Å²) in [5.41, 5.74) is 5.38. The van der Waals surface area contributed by atoms with Crippen LogP contribution in [-0.4, -0.2) is 39.5 Å². The second-order valence-corrected chi connectivity index (χ2v) is 12.6. The number of azo groups is 1. The summed E-state index contributed by atoms with van der Waals surface area (Å²) in [6.07, 6.45) is 0. The number of aromatic hydroxyl groups is 1. The average Bonchev–Trinajstić information content (AvgIpc) is 2.87. The first kappa shape index (κ1) is 31.2. The molecule has 4 aromatic carbocycles. The number of nitrogens with one attached hydrogen (secondary N) is 1. The van der Waals surface area contributed by atoms with Crippen LogP contribution in [0.15, 0.2) is 91.6 Å². The van der Waals surface area contributed by atoms with Crippen LogP contribution in [0.3, 0.4) is 0 Å². The van der Waals surface area contributed by atoms with Gasteiger partial charge in [0.15, 0.2) is 4.98 Å². The van der Waals surface area contributed by atoms with Gasteiger partial charge in [-0.25, -0.2) is 8.42 Å². The summed E-state index contributed by atoms with van der Waals surface area (Å²) in [6, 6.07) is 12.7. The fourth-order valence-electron chi connectivity index (χ4n) is 3.55. The monoisotopic (exact) mass is 640 g/mol. The number of hydrogen-bond donors (Lipinski definition) is 5. The number of nitrogen functional groups attached to an aromatic ring is 1. The van der Waals surface area contributed by atoms with Crippen LogP contribution in [0.25, 0.3) is 15.7 Å². The highest BCUT2D eigenvalue weighted by atomic mass is 35.5. The van der Waals surface area contributed by atoms with Gasteiger partial charge in [0.1, 0.15) is 16.3 Å². The molecule has 0 saturated heterocycles. The molecule has 0 aromatic heterocycles. The van der Waals surface area contributed by atoms with Crippen LogP contribution in [0, 0.1) is 5.39 Å². The average molecular weight is 641 g/mol. The Morgan fingerprint density at radius 1 is 0.805 bits per heavy atom. The van der Waals surface area contributed by atoms with Gasteiger partial charge in [-0.15, -0.1) is 5.11 Å². The number of phenolic OH excluding ortho intramolecular Hbond substituents is 1. The van der Waals surface area contributed by atoms with E-state index in [0.717, 1.165) is 12.1 Å². The van der Waals surface area contributed by atoms with E-state index in [1.54, 1.807) is 0 Å². The molecule has 41 heavy (non-hydrogen) atoms. The number of nitrogens with zero attached hydrogens (tertiary/aromatic N) is 4. The van der Waals surface area contributed by atoms with Crippen LogP contribution in [0.5, 0.6) is 5.75 Å². The summed E-state index contributed by atoms with van der Waals surface area (Å²) < 4.78 is 93.7. The van der Waals surface area contributed by atoms with Crippen molar-refractivity contribution in [3.05, 3.63) is 71.7 Å². The van der Waals surface area contributed by atoms with E-state index < -0.39 is 57.2 Å². The van der Waals surface area contributed by atoms with Gasteiger partial charge in [-0.05, 0) is 53.9 Å². The number of hydrogen-bond acceptors (Lipinski definition) is 11. The Bertz CT molecular complexity index is 2060. The quantitative estimate of drug-likeness (QED) is 0.0833. The summed E-state index contributed by atoms with van der Waals surface area (Å²) in [6.45, 7) is 0. The van der Waals surface area contributed by atoms with E-state index in [1.165, 1.54) is 48.5 Å². The van der Waals surface area contributed by atoms with E-state index in [2.05, 4.69) is 19.9 Å². The van der Waals surface area contributed by atoms with Crippen molar-refractivity contribution in [2.24, 2.45) is 10.2 Å². The van der Waals surface area contributed by atoms with Crippen LogP contribution in [0.2, 0.25) is 0 Å². The molecule has 0 fully saturated rings. The molecule has 0 aliphatic rings. The smallest absolute Gasteiger partial charge is 0.385 e. The third-order valence-corrected chi connectivity index (χ3v) is 8.48. The van der Waals surface area contributed by atoms with Crippen LogP contribution in [0.1, 0.15) is 0 Å². The minimum atomic E-state index is -5.01. The fraction of sp³-hybridized carbons (Fsp3) is 0. The van der Waals surface area contributed by atoms with E-state index in [-0.39, 0.29) is 45.1 Å². The molecule has 0 spiro atoms. The minimum absolute atomic E-state index is 0. The van der Waals surface area contributed by atoms with Crippen molar-refractivity contribution >= 4 is 69.5 Å². The summed E-state index contributed by atoms with van der Waals surface area (Å²) >= 11 is 0. The number of diazo groups is 1. The maximum absolute atomic E-state index is 12.7. The van der Waals surface area contributed by atoms with Gasteiger partial charge in [0.2, 0.25) is 5.39 Å². The van der Waals surface area contributed by atoms with E-state index in [1.807, 2.05) is 0 Å². The molecule has 214 valence electrons. The van der Waals surface area contributed by atoms with Crippen molar-refractivity contribution < 1.29 is 51.9 Å². The number of rotatable bonds is 7. The Hall–Kier alpha value is -4.38. The lowest BCUT2D eigenvalue weighted by atomic mass is 10.1. The molecular weight excluding hydrogens is 624 g/mol. The third kappa shape index (κ3) is 6.68. The second-order valence-electron chi connectivity index (χ2n) is 8.07. The molecule has 0 unspecified atom stereocenters. The summed E-state index contributed by atoms with van der Waals surface area (Å²) in [7, 11) is -13.8. The minimum Gasteiger partial charge on any atom is -1.00 e. The van der Waals surface area contributed by atoms with E-state index in [4.69, 9.17) is 11.1 Å². The molecule has 6 N–H and O–H groups in total.